The van der Waals surface area contributed by atoms with E-state index in [2.05, 4.69) is 62.0 Å². The summed E-state index contributed by atoms with van der Waals surface area (Å²) >= 11 is 0. The molecule has 0 spiro atoms. The molecule has 0 radical (unpaired) electrons. The van der Waals surface area contributed by atoms with Crippen molar-refractivity contribution in [3.63, 3.8) is 0 Å². The zero-order valence-electron chi connectivity index (χ0n) is 13.7. The molecular formula is C23H18O. The van der Waals surface area contributed by atoms with Crippen LogP contribution >= 0.6 is 0 Å². The summed E-state index contributed by atoms with van der Waals surface area (Å²) in [7, 11) is 0. The van der Waals surface area contributed by atoms with Crippen molar-refractivity contribution in [2.45, 2.75) is 13.3 Å². The van der Waals surface area contributed by atoms with Gasteiger partial charge in [0.2, 0.25) is 0 Å². The molecule has 3 aromatic rings. The van der Waals surface area contributed by atoms with Gasteiger partial charge in [-0.1, -0.05) is 55.1 Å². The van der Waals surface area contributed by atoms with Gasteiger partial charge in [0, 0.05) is 5.57 Å². The normalized spacial score (nSPS) is 13.4. The Bertz CT molecular complexity index is 1060. The molecule has 116 valence electrons. The second kappa shape index (κ2) is 5.61. The highest BCUT2D eigenvalue weighted by atomic mass is 16.1. The SMILES string of the molecule is C=CC(=O)C1=CC(Cc2ccc3c(c2)cc(C)c2ccccc23)=C1. The Hall–Kier alpha value is -2.93. The van der Waals surface area contributed by atoms with E-state index in [0.29, 0.717) is 0 Å². The number of fused-ring (bicyclic) bond motifs is 3. The molecule has 0 saturated carbocycles. The lowest BCUT2D eigenvalue weighted by atomic mass is 9.90. The molecule has 3 aromatic carbocycles. The third kappa shape index (κ3) is 2.39. The van der Waals surface area contributed by atoms with Gasteiger partial charge in [-0.3, -0.25) is 4.79 Å². The molecule has 0 aliphatic heterocycles. The van der Waals surface area contributed by atoms with Crippen molar-refractivity contribution < 1.29 is 4.79 Å². The fraction of sp³-hybridized carbons (Fsp3) is 0.0870. The first kappa shape index (κ1) is 14.6. The molecule has 0 atom stereocenters. The fourth-order valence-electron chi connectivity index (χ4n) is 3.44. The van der Waals surface area contributed by atoms with Gasteiger partial charge in [0.1, 0.15) is 0 Å². The van der Waals surface area contributed by atoms with Crippen LogP contribution in [0.15, 0.2) is 84.5 Å². The van der Waals surface area contributed by atoms with Gasteiger partial charge < -0.3 is 0 Å². The van der Waals surface area contributed by atoms with Gasteiger partial charge in [0.25, 0.3) is 0 Å². The van der Waals surface area contributed by atoms with Crippen LogP contribution in [-0.2, 0) is 11.2 Å². The smallest absolute Gasteiger partial charge is 0.185 e. The molecule has 0 unspecified atom stereocenters. The van der Waals surface area contributed by atoms with E-state index in [1.165, 1.54) is 44.3 Å². The highest BCUT2D eigenvalue weighted by molar-refractivity contribution is 6.09. The second-order valence-electron chi connectivity index (χ2n) is 6.36. The van der Waals surface area contributed by atoms with Gasteiger partial charge in [0.15, 0.2) is 5.78 Å². The summed E-state index contributed by atoms with van der Waals surface area (Å²) in [4.78, 5) is 11.5. The third-order valence-corrected chi connectivity index (χ3v) is 4.69. The molecule has 1 heteroatoms. The van der Waals surface area contributed by atoms with Crippen LogP contribution in [0.5, 0.6) is 0 Å². The van der Waals surface area contributed by atoms with Crippen molar-refractivity contribution >= 4 is 27.3 Å². The third-order valence-electron chi connectivity index (χ3n) is 4.69. The van der Waals surface area contributed by atoms with Crippen molar-refractivity contribution in [3.8, 4) is 0 Å². The largest absolute Gasteiger partial charge is 0.289 e. The van der Waals surface area contributed by atoms with E-state index in [4.69, 9.17) is 0 Å². The summed E-state index contributed by atoms with van der Waals surface area (Å²) in [5, 5.41) is 5.19. The Balaban J connectivity index is 1.69. The lowest BCUT2D eigenvalue weighted by Crippen LogP contribution is -2.05. The standard InChI is InChI=1S/C23H18O/c1-3-23(24)19-13-17(14-19)11-16-8-9-21-18(12-16)10-15(2)20-6-4-5-7-22(20)21/h3-10,12-14H,1,11H2,2H3. The van der Waals surface area contributed by atoms with Crippen LogP contribution < -0.4 is 0 Å². The maximum absolute atomic E-state index is 11.5. The van der Waals surface area contributed by atoms with Crippen LogP contribution in [-0.4, -0.2) is 5.78 Å². The van der Waals surface area contributed by atoms with Crippen LogP contribution in [0.25, 0.3) is 21.5 Å². The van der Waals surface area contributed by atoms with Crippen molar-refractivity contribution in [2.24, 2.45) is 0 Å². The molecule has 1 nitrogen and oxygen atoms in total. The van der Waals surface area contributed by atoms with Crippen LogP contribution in [0.4, 0.5) is 0 Å². The van der Waals surface area contributed by atoms with E-state index < -0.39 is 0 Å². The number of carbonyl (C=O) groups excluding carboxylic acids is 1. The lowest BCUT2D eigenvalue weighted by Gasteiger charge is -2.14. The molecule has 0 fully saturated rings. The van der Waals surface area contributed by atoms with Gasteiger partial charge >= 0.3 is 0 Å². The molecule has 0 aromatic heterocycles. The molecule has 0 saturated heterocycles. The minimum Gasteiger partial charge on any atom is -0.289 e. The summed E-state index contributed by atoms with van der Waals surface area (Å²) in [5.74, 6) is -0.000596. The van der Waals surface area contributed by atoms with E-state index in [9.17, 15) is 4.79 Å². The van der Waals surface area contributed by atoms with Crippen LogP contribution in [0, 0.1) is 6.92 Å². The molecule has 24 heavy (non-hydrogen) atoms. The number of benzene rings is 3. The van der Waals surface area contributed by atoms with Crippen LogP contribution in [0.3, 0.4) is 0 Å². The minimum atomic E-state index is -0.000596. The zero-order chi connectivity index (χ0) is 16.7. The van der Waals surface area contributed by atoms with E-state index in [0.717, 1.165) is 12.0 Å². The number of rotatable bonds is 4. The highest BCUT2D eigenvalue weighted by Gasteiger charge is 2.13. The van der Waals surface area contributed by atoms with Gasteiger partial charge in [-0.25, -0.2) is 0 Å². The van der Waals surface area contributed by atoms with Crippen LogP contribution in [0.1, 0.15) is 11.1 Å². The number of aryl methyl sites for hydroxylation is 1. The monoisotopic (exact) mass is 310 g/mol. The van der Waals surface area contributed by atoms with Crippen molar-refractivity contribution in [1.29, 1.82) is 0 Å². The molecule has 0 heterocycles. The maximum Gasteiger partial charge on any atom is 0.185 e. The van der Waals surface area contributed by atoms with Gasteiger partial charge in [-0.2, -0.15) is 0 Å². The lowest BCUT2D eigenvalue weighted by molar-refractivity contribution is -0.111. The van der Waals surface area contributed by atoms with Crippen molar-refractivity contribution in [3.05, 3.63) is 95.6 Å². The van der Waals surface area contributed by atoms with E-state index in [-0.39, 0.29) is 5.78 Å². The first-order valence-corrected chi connectivity index (χ1v) is 8.16. The number of hydrogen-bond donors (Lipinski definition) is 0. The quantitative estimate of drug-likeness (QED) is 0.461. The topological polar surface area (TPSA) is 17.1 Å². The predicted octanol–water partition coefficient (Wildman–Crippen LogP) is 5.47. The first-order chi connectivity index (χ1) is 11.7. The number of hydrogen-bond acceptors (Lipinski definition) is 1. The average Bonchev–Trinajstić information content (AvgIpc) is 2.57. The van der Waals surface area contributed by atoms with Crippen molar-refractivity contribution in [1.82, 2.24) is 0 Å². The Morgan fingerprint density at radius 3 is 2.50 bits per heavy atom. The van der Waals surface area contributed by atoms with Crippen molar-refractivity contribution in [2.75, 3.05) is 0 Å². The summed E-state index contributed by atoms with van der Waals surface area (Å²) in [5.41, 5.74) is 4.52. The average molecular weight is 310 g/mol. The molecule has 4 rings (SSSR count). The maximum atomic E-state index is 11.5. The summed E-state index contributed by atoms with van der Waals surface area (Å²) in [6.45, 7) is 5.69. The number of carbonyl (C=O) groups is 1. The Kier molecular flexibility index (Phi) is 3.42. The number of ketones is 1. The Morgan fingerprint density at radius 2 is 1.75 bits per heavy atom. The highest BCUT2D eigenvalue weighted by Crippen LogP contribution is 2.30. The predicted molar refractivity (Wildman–Crippen MR) is 101 cm³/mol. The van der Waals surface area contributed by atoms with E-state index >= 15 is 0 Å². The Morgan fingerprint density at radius 1 is 1.00 bits per heavy atom. The molecule has 0 amide bonds. The van der Waals surface area contributed by atoms with E-state index in [1.54, 1.807) is 0 Å². The minimum absolute atomic E-state index is 0.000596. The summed E-state index contributed by atoms with van der Waals surface area (Å²) in [6, 6.07) is 17.5. The Labute approximate surface area is 141 Å². The van der Waals surface area contributed by atoms with Gasteiger partial charge in [-0.05, 0) is 69.8 Å². The molecule has 1 aliphatic rings. The van der Waals surface area contributed by atoms with Crippen LogP contribution in [0.2, 0.25) is 0 Å². The summed E-state index contributed by atoms with van der Waals surface area (Å²) in [6.07, 6.45) is 6.14. The molecule has 1 aliphatic carbocycles. The fourth-order valence-corrected chi connectivity index (χ4v) is 3.44. The molecular weight excluding hydrogens is 292 g/mol. The zero-order valence-corrected chi connectivity index (χ0v) is 13.7. The van der Waals surface area contributed by atoms with E-state index in [1.807, 2.05) is 12.2 Å². The van der Waals surface area contributed by atoms with Gasteiger partial charge in [-0.15, -0.1) is 0 Å². The molecule has 0 N–H and O–H groups in total. The summed E-state index contributed by atoms with van der Waals surface area (Å²) < 4.78 is 0. The first-order valence-electron chi connectivity index (χ1n) is 8.16. The number of allylic oxidation sites excluding steroid dienone is 5. The molecule has 0 bridgehead atoms. The second-order valence-corrected chi connectivity index (χ2v) is 6.36. The van der Waals surface area contributed by atoms with Gasteiger partial charge in [0.05, 0.1) is 0 Å².